The highest BCUT2D eigenvalue weighted by atomic mass is 16.6. The smallest absolute Gasteiger partial charge is 0.0788 e. The van der Waals surface area contributed by atoms with Crippen molar-refractivity contribution in [1.82, 2.24) is 0 Å². The number of hydrogen-bond donors (Lipinski definition) is 1. The average molecular weight is 231 g/mol. The van der Waals surface area contributed by atoms with Crippen LogP contribution >= 0.6 is 0 Å². The minimum absolute atomic E-state index is 0.0863. The minimum atomic E-state index is -0.264. The Balaban J connectivity index is 4.05. The van der Waals surface area contributed by atoms with Crippen molar-refractivity contribution in [2.24, 2.45) is 11.7 Å². The van der Waals surface area contributed by atoms with Crippen molar-refractivity contribution in [2.75, 3.05) is 13.2 Å². The van der Waals surface area contributed by atoms with Gasteiger partial charge < -0.3 is 15.2 Å². The molecule has 0 rings (SSSR count). The van der Waals surface area contributed by atoms with Crippen LogP contribution in [0.3, 0.4) is 0 Å². The molecule has 0 amide bonds. The monoisotopic (exact) mass is 231 g/mol. The van der Waals surface area contributed by atoms with E-state index in [1.807, 2.05) is 20.8 Å². The van der Waals surface area contributed by atoms with E-state index in [9.17, 15) is 0 Å². The molecule has 3 heteroatoms. The fourth-order valence-corrected chi connectivity index (χ4v) is 1.09. The van der Waals surface area contributed by atoms with E-state index in [-0.39, 0.29) is 17.3 Å². The van der Waals surface area contributed by atoms with Crippen molar-refractivity contribution in [2.45, 2.75) is 65.8 Å². The van der Waals surface area contributed by atoms with Gasteiger partial charge in [-0.2, -0.15) is 0 Å². The molecule has 0 bridgehead atoms. The van der Waals surface area contributed by atoms with E-state index >= 15 is 0 Å². The molecule has 1 atom stereocenters. The van der Waals surface area contributed by atoms with Gasteiger partial charge in [0, 0.05) is 6.54 Å². The Morgan fingerprint density at radius 2 is 1.56 bits per heavy atom. The third-order valence-corrected chi connectivity index (χ3v) is 3.10. The molecule has 0 aliphatic rings. The topological polar surface area (TPSA) is 44.5 Å². The zero-order valence-electron chi connectivity index (χ0n) is 12.0. The van der Waals surface area contributed by atoms with E-state index in [0.29, 0.717) is 19.1 Å². The maximum Gasteiger partial charge on any atom is 0.0788 e. The van der Waals surface area contributed by atoms with Gasteiger partial charge in [-0.1, -0.05) is 13.8 Å². The summed E-state index contributed by atoms with van der Waals surface area (Å²) >= 11 is 0. The van der Waals surface area contributed by atoms with Crippen LogP contribution in [0.25, 0.3) is 0 Å². The summed E-state index contributed by atoms with van der Waals surface area (Å²) in [6, 6.07) is 0. The Labute approximate surface area is 101 Å². The highest BCUT2D eigenvalue weighted by Gasteiger charge is 2.26. The maximum atomic E-state index is 5.97. The standard InChI is InChI=1S/C13H29NO2/c1-10(2)13(6,7)16-11(3)8-15-12(4,5)9-14/h10-11H,8-9,14H2,1-7H3. The van der Waals surface area contributed by atoms with Gasteiger partial charge in [0.25, 0.3) is 0 Å². The van der Waals surface area contributed by atoms with E-state index < -0.39 is 0 Å². The molecule has 0 aromatic rings. The van der Waals surface area contributed by atoms with Crippen molar-refractivity contribution >= 4 is 0 Å². The highest BCUT2D eigenvalue weighted by Crippen LogP contribution is 2.22. The summed E-state index contributed by atoms with van der Waals surface area (Å²) in [5.41, 5.74) is 5.22. The van der Waals surface area contributed by atoms with Gasteiger partial charge in [0.05, 0.1) is 23.9 Å². The molecule has 2 N–H and O–H groups in total. The molecule has 0 aliphatic carbocycles. The second-order valence-electron chi connectivity index (χ2n) is 5.96. The van der Waals surface area contributed by atoms with Crippen molar-refractivity contribution in [3.8, 4) is 0 Å². The predicted octanol–water partition coefficient (Wildman–Crippen LogP) is 2.58. The van der Waals surface area contributed by atoms with E-state index in [1.165, 1.54) is 0 Å². The predicted molar refractivity (Wildman–Crippen MR) is 68.5 cm³/mol. The Morgan fingerprint density at radius 3 is 1.94 bits per heavy atom. The van der Waals surface area contributed by atoms with Crippen molar-refractivity contribution in [3.63, 3.8) is 0 Å². The van der Waals surface area contributed by atoms with Crippen molar-refractivity contribution in [3.05, 3.63) is 0 Å². The Kier molecular flexibility index (Phi) is 5.94. The molecule has 0 heterocycles. The van der Waals surface area contributed by atoms with Gasteiger partial charge in [0.1, 0.15) is 0 Å². The van der Waals surface area contributed by atoms with E-state index in [0.717, 1.165) is 0 Å². The molecule has 0 radical (unpaired) electrons. The first-order chi connectivity index (χ1) is 7.10. The molecule has 1 unspecified atom stereocenters. The molecule has 0 aromatic heterocycles. The first-order valence-corrected chi connectivity index (χ1v) is 6.12. The molecule has 0 aliphatic heterocycles. The van der Waals surface area contributed by atoms with Gasteiger partial charge in [0.15, 0.2) is 0 Å². The molecule has 3 nitrogen and oxygen atoms in total. The number of nitrogens with two attached hydrogens (primary N) is 1. The SMILES string of the molecule is CC(COC(C)(C)CN)OC(C)(C)C(C)C. The maximum absolute atomic E-state index is 5.97. The quantitative estimate of drug-likeness (QED) is 0.732. The second kappa shape index (κ2) is 5.99. The fraction of sp³-hybridized carbons (Fsp3) is 1.00. The lowest BCUT2D eigenvalue weighted by Crippen LogP contribution is -2.40. The van der Waals surface area contributed by atoms with E-state index in [2.05, 4.69) is 27.7 Å². The first kappa shape index (κ1) is 15.9. The molecular formula is C13H29NO2. The van der Waals surface area contributed by atoms with Crippen LogP contribution in [0.5, 0.6) is 0 Å². The van der Waals surface area contributed by atoms with Crippen LogP contribution in [-0.4, -0.2) is 30.5 Å². The molecular weight excluding hydrogens is 202 g/mol. The minimum Gasteiger partial charge on any atom is -0.372 e. The fourth-order valence-electron chi connectivity index (χ4n) is 1.09. The van der Waals surface area contributed by atoms with Gasteiger partial charge in [-0.25, -0.2) is 0 Å². The van der Waals surface area contributed by atoms with E-state index in [1.54, 1.807) is 0 Å². The normalized spacial score (nSPS) is 15.6. The zero-order valence-corrected chi connectivity index (χ0v) is 12.0. The van der Waals surface area contributed by atoms with Gasteiger partial charge in [-0.15, -0.1) is 0 Å². The van der Waals surface area contributed by atoms with Crippen LogP contribution in [0.2, 0.25) is 0 Å². The first-order valence-electron chi connectivity index (χ1n) is 6.12. The number of ether oxygens (including phenoxy) is 2. The summed E-state index contributed by atoms with van der Waals surface area (Å²) in [5, 5.41) is 0. The van der Waals surface area contributed by atoms with Crippen LogP contribution in [-0.2, 0) is 9.47 Å². The molecule has 0 aromatic carbocycles. The van der Waals surface area contributed by atoms with Crippen LogP contribution in [0.4, 0.5) is 0 Å². The van der Waals surface area contributed by atoms with Crippen LogP contribution in [0.1, 0.15) is 48.5 Å². The number of hydrogen-bond acceptors (Lipinski definition) is 3. The summed E-state index contributed by atoms with van der Waals surface area (Å²) in [4.78, 5) is 0. The molecule has 0 saturated heterocycles. The summed E-state index contributed by atoms with van der Waals surface area (Å²) in [6.45, 7) is 15.7. The average Bonchev–Trinajstić information content (AvgIpc) is 2.14. The Morgan fingerprint density at radius 1 is 1.06 bits per heavy atom. The number of rotatable bonds is 7. The van der Waals surface area contributed by atoms with Crippen molar-refractivity contribution < 1.29 is 9.47 Å². The molecule has 0 fully saturated rings. The van der Waals surface area contributed by atoms with Crippen LogP contribution < -0.4 is 5.73 Å². The molecule has 98 valence electrons. The largest absolute Gasteiger partial charge is 0.372 e. The molecule has 0 saturated carbocycles. The van der Waals surface area contributed by atoms with Crippen LogP contribution in [0.15, 0.2) is 0 Å². The Bertz CT molecular complexity index is 200. The third kappa shape index (κ3) is 5.83. The zero-order chi connectivity index (χ0) is 13.0. The lowest BCUT2D eigenvalue weighted by Gasteiger charge is -2.34. The summed E-state index contributed by atoms with van der Waals surface area (Å²) < 4.78 is 11.7. The van der Waals surface area contributed by atoms with E-state index in [4.69, 9.17) is 15.2 Å². The third-order valence-electron chi connectivity index (χ3n) is 3.10. The summed E-state index contributed by atoms with van der Waals surface area (Å²) in [7, 11) is 0. The Hall–Kier alpha value is -0.120. The van der Waals surface area contributed by atoms with Gasteiger partial charge in [0.2, 0.25) is 0 Å². The van der Waals surface area contributed by atoms with Crippen LogP contribution in [0, 0.1) is 5.92 Å². The highest BCUT2D eigenvalue weighted by molar-refractivity contribution is 4.75. The summed E-state index contributed by atoms with van der Waals surface area (Å²) in [5.74, 6) is 0.484. The lowest BCUT2D eigenvalue weighted by atomic mass is 9.94. The summed E-state index contributed by atoms with van der Waals surface area (Å²) in [6.07, 6.45) is 0.0863. The molecule has 16 heavy (non-hydrogen) atoms. The van der Waals surface area contributed by atoms with Gasteiger partial charge in [-0.05, 0) is 40.5 Å². The lowest BCUT2D eigenvalue weighted by molar-refractivity contribution is -0.135. The second-order valence-corrected chi connectivity index (χ2v) is 5.96. The van der Waals surface area contributed by atoms with Gasteiger partial charge >= 0.3 is 0 Å². The molecule has 0 spiro atoms. The van der Waals surface area contributed by atoms with Crippen molar-refractivity contribution in [1.29, 1.82) is 0 Å². The van der Waals surface area contributed by atoms with Gasteiger partial charge in [-0.3, -0.25) is 0 Å².